The van der Waals surface area contributed by atoms with E-state index in [2.05, 4.69) is 31.9 Å². The van der Waals surface area contributed by atoms with Crippen LogP contribution in [-0.4, -0.2) is 14.2 Å². The first-order valence-electron chi connectivity index (χ1n) is 6.37. The van der Waals surface area contributed by atoms with Gasteiger partial charge in [0.1, 0.15) is 0 Å². The van der Waals surface area contributed by atoms with E-state index in [-0.39, 0.29) is 0 Å². The molecule has 0 fully saturated rings. The Balaban J connectivity index is 2.24. The smallest absolute Gasteiger partial charge is 0.187 e. The van der Waals surface area contributed by atoms with Gasteiger partial charge in [0.25, 0.3) is 0 Å². The maximum atomic E-state index is 5.98. The van der Waals surface area contributed by atoms with E-state index in [1.54, 1.807) is 14.2 Å². The van der Waals surface area contributed by atoms with E-state index in [4.69, 9.17) is 14.2 Å². The molecule has 0 saturated heterocycles. The van der Waals surface area contributed by atoms with Crippen molar-refractivity contribution in [2.45, 2.75) is 12.6 Å². The first-order valence-corrected chi connectivity index (χ1v) is 7.96. The van der Waals surface area contributed by atoms with Crippen LogP contribution in [0.1, 0.15) is 23.7 Å². The molecule has 0 amide bonds. The van der Waals surface area contributed by atoms with Gasteiger partial charge in [-0.25, -0.2) is 0 Å². The summed E-state index contributed by atoms with van der Waals surface area (Å²) < 4.78 is 18.8. The zero-order chi connectivity index (χ0) is 15.2. The summed E-state index contributed by atoms with van der Waals surface area (Å²) in [4.78, 5) is 0. The summed E-state index contributed by atoms with van der Waals surface area (Å²) in [6.07, 6.45) is -1.06. The highest BCUT2D eigenvalue weighted by molar-refractivity contribution is 9.10. The molecule has 0 aliphatic heterocycles. The van der Waals surface area contributed by atoms with Crippen LogP contribution >= 0.6 is 31.9 Å². The highest BCUT2D eigenvalue weighted by Crippen LogP contribution is 2.34. The minimum absolute atomic E-state index is 0.530. The van der Waals surface area contributed by atoms with Gasteiger partial charge in [-0.15, -0.1) is 0 Å². The van der Waals surface area contributed by atoms with Crippen molar-refractivity contribution >= 4 is 31.9 Å². The monoisotopic (exact) mass is 414 g/mol. The minimum atomic E-state index is -0.530. The van der Waals surface area contributed by atoms with E-state index in [0.717, 1.165) is 20.1 Å². The average Bonchev–Trinajstić information content (AvgIpc) is 2.51. The number of rotatable bonds is 6. The molecule has 112 valence electrons. The summed E-state index contributed by atoms with van der Waals surface area (Å²) in [5.41, 5.74) is 1.82. The summed E-state index contributed by atoms with van der Waals surface area (Å²) in [6, 6.07) is 15.6. The number of halogens is 2. The molecule has 0 heterocycles. The molecule has 0 aliphatic carbocycles. The van der Waals surface area contributed by atoms with E-state index < -0.39 is 12.6 Å². The molecular weight excluding hydrogens is 400 g/mol. The van der Waals surface area contributed by atoms with Crippen LogP contribution in [0, 0.1) is 0 Å². The standard InChI is InChI=1S/C16H16Br2O3/c1-19-15(11-7-3-5-9-13(11)17)21-16(20-2)12-8-4-6-10-14(12)18/h3-10,15-16H,1-2H3. The van der Waals surface area contributed by atoms with Gasteiger partial charge in [0.15, 0.2) is 12.6 Å². The van der Waals surface area contributed by atoms with E-state index in [9.17, 15) is 0 Å². The van der Waals surface area contributed by atoms with Crippen molar-refractivity contribution in [3.63, 3.8) is 0 Å². The third-order valence-corrected chi connectivity index (χ3v) is 4.44. The van der Waals surface area contributed by atoms with Crippen molar-refractivity contribution < 1.29 is 14.2 Å². The van der Waals surface area contributed by atoms with Crippen LogP contribution < -0.4 is 0 Å². The van der Waals surface area contributed by atoms with Crippen molar-refractivity contribution in [2.24, 2.45) is 0 Å². The summed E-state index contributed by atoms with van der Waals surface area (Å²) in [5.74, 6) is 0. The van der Waals surface area contributed by atoms with Crippen LogP contribution in [0.4, 0.5) is 0 Å². The van der Waals surface area contributed by atoms with Crippen LogP contribution in [0.3, 0.4) is 0 Å². The normalized spacial score (nSPS) is 13.9. The van der Waals surface area contributed by atoms with Crippen LogP contribution in [0.5, 0.6) is 0 Å². The molecule has 2 atom stereocenters. The maximum absolute atomic E-state index is 5.98. The maximum Gasteiger partial charge on any atom is 0.187 e. The van der Waals surface area contributed by atoms with Gasteiger partial charge in [-0.05, 0) is 12.1 Å². The second kappa shape index (κ2) is 8.06. The fraction of sp³-hybridized carbons (Fsp3) is 0.250. The van der Waals surface area contributed by atoms with Crippen molar-refractivity contribution in [1.29, 1.82) is 0 Å². The molecule has 2 rings (SSSR count). The molecule has 21 heavy (non-hydrogen) atoms. The molecule has 0 aliphatic rings. The SMILES string of the molecule is COC(OC(OC)c1ccccc1Br)c1ccccc1Br. The molecule has 2 aromatic carbocycles. The lowest BCUT2D eigenvalue weighted by molar-refractivity contribution is -0.238. The molecule has 0 aromatic heterocycles. The molecule has 0 bridgehead atoms. The first-order chi connectivity index (χ1) is 10.2. The highest BCUT2D eigenvalue weighted by atomic mass is 79.9. The molecule has 0 saturated carbocycles. The Bertz CT molecular complexity index is 538. The topological polar surface area (TPSA) is 27.7 Å². The van der Waals surface area contributed by atoms with Gasteiger partial charge in [0.05, 0.1) is 0 Å². The van der Waals surface area contributed by atoms with E-state index in [0.29, 0.717) is 0 Å². The molecule has 0 N–H and O–H groups in total. The summed E-state index contributed by atoms with van der Waals surface area (Å²) in [6.45, 7) is 0. The highest BCUT2D eigenvalue weighted by Gasteiger charge is 2.22. The summed E-state index contributed by atoms with van der Waals surface area (Å²) >= 11 is 7.02. The Morgan fingerprint density at radius 1 is 0.714 bits per heavy atom. The Labute approximate surface area is 141 Å². The quantitative estimate of drug-likeness (QED) is 0.605. The van der Waals surface area contributed by atoms with Gasteiger partial charge < -0.3 is 14.2 Å². The zero-order valence-corrected chi connectivity index (χ0v) is 14.9. The fourth-order valence-corrected chi connectivity index (χ4v) is 2.90. The van der Waals surface area contributed by atoms with Crippen molar-refractivity contribution in [1.82, 2.24) is 0 Å². The van der Waals surface area contributed by atoms with Crippen LogP contribution in [0.2, 0.25) is 0 Å². The van der Waals surface area contributed by atoms with Gasteiger partial charge in [0, 0.05) is 34.3 Å². The Hall–Kier alpha value is -0.720. The van der Waals surface area contributed by atoms with Crippen molar-refractivity contribution in [2.75, 3.05) is 14.2 Å². The van der Waals surface area contributed by atoms with Gasteiger partial charge >= 0.3 is 0 Å². The summed E-state index contributed by atoms with van der Waals surface area (Å²) in [7, 11) is 3.22. The minimum Gasteiger partial charge on any atom is -0.352 e. The third kappa shape index (κ3) is 4.14. The molecule has 3 nitrogen and oxygen atoms in total. The van der Waals surface area contributed by atoms with E-state index in [1.165, 1.54) is 0 Å². The molecule has 5 heteroatoms. The second-order valence-electron chi connectivity index (χ2n) is 4.31. The Morgan fingerprint density at radius 3 is 1.43 bits per heavy atom. The van der Waals surface area contributed by atoms with Crippen molar-refractivity contribution in [3.05, 3.63) is 68.6 Å². The molecule has 2 aromatic rings. The van der Waals surface area contributed by atoms with Crippen LogP contribution in [0.25, 0.3) is 0 Å². The number of ether oxygens (including phenoxy) is 3. The molecule has 0 spiro atoms. The lowest BCUT2D eigenvalue weighted by Gasteiger charge is -2.24. The Morgan fingerprint density at radius 2 is 1.10 bits per heavy atom. The molecule has 2 unspecified atom stereocenters. The summed E-state index contributed by atoms with van der Waals surface area (Å²) in [5, 5.41) is 0. The van der Waals surface area contributed by atoms with Gasteiger partial charge in [-0.1, -0.05) is 68.3 Å². The number of methoxy groups -OCH3 is 2. The molecular formula is C16H16Br2O3. The lowest BCUT2D eigenvalue weighted by Crippen LogP contribution is -2.14. The van der Waals surface area contributed by atoms with Gasteiger partial charge in [-0.2, -0.15) is 0 Å². The Kier molecular flexibility index (Phi) is 6.39. The molecule has 0 radical (unpaired) electrons. The first kappa shape index (κ1) is 16.6. The number of benzene rings is 2. The average molecular weight is 416 g/mol. The predicted molar refractivity (Wildman–Crippen MR) is 88.9 cm³/mol. The van der Waals surface area contributed by atoms with Gasteiger partial charge in [-0.3, -0.25) is 0 Å². The number of hydrogen-bond donors (Lipinski definition) is 0. The lowest BCUT2D eigenvalue weighted by atomic mass is 10.2. The van der Waals surface area contributed by atoms with E-state index in [1.807, 2.05) is 48.5 Å². The number of hydrogen-bond acceptors (Lipinski definition) is 3. The fourth-order valence-electron chi connectivity index (χ4n) is 1.96. The predicted octanol–water partition coefficient (Wildman–Crippen LogP) is 5.22. The second-order valence-corrected chi connectivity index (χ2v) is 6.02. The third-order valence-electron chi connectivity index (χ3n) is 2.99. The van der Waals surface area contributed by atoms with Crippen molar-refractivity contribution in [3.8, 4) is 0 Å². The van der Waals surface area contributed by atoms with Gasteiger partial charge in [0.2, 0.25) is 0 Å². The van der Waals surface area contributed by atoms with Crippen LogP contribution in [0.15, 0.2) is 57.5 Å². The largest absolute Gasteiger partial charge is 0.352 e. The van der Waals surface area contributed by atoms with E-state index >= 15 is 0 Å². The zero-order valence-electron chi connectivity index (χ0n) is 11.8. The van der Waals surface area contributed by atoms with Crippen LogP contribution in [-0.2, 0) is 14.2 Å².